The van der Waals surface area contributed by atoms with Crippen LogP contribution < -0.4 is 5.56 Å². The number of hydrogen-bond donors (Lipinski definition) is 1. The van der Waals surface area contributed by atoms with Gasteiger partial charge in [-0.25, -0.2) is 14.2 Å². The highest BCUT2D eigenvalue weighted by Gasteiger charge is 2.17. The Morgan fingerprint density at radius 3 is 2.48 bits per heavy atom. The van der Waals surface area contributed by atoms with E-state index in [1.54, 1.807) is 0 Å². The van der Waals surface area contributed by atoms with Crippen LogP contribution in [0.2, 0.25) is 0 Å². The van der Waals surface area contributed by atoms with Gasteiger partial charge < -0.3 is 5.11 Å². The van der Waals surface area contributed by atoms with Crippen molar-refractivity contribution < 1.29 is 14.3 Å². The van der Waals surface area contributed by atoms with E-state index >= 15 is 0 Å². The van der Waals surface area contributed by atoms with E-state index in [9.17, 15) is 14.0 Å². The maximum Gasteiger partial charge on any atom is 0.342 e. The Kier molecular flexibility index (Phi) is 4.42. The molecular weight excluding hydrogens is 295 g/mol. The Balaban J connectivity index is 2.69. The molecule has 1 aromatic carbocycles. The second-order valence-corrected chi connectivity index (χ2v) is 6.09. The lowest BCUT2D eigenvalue weighted by atomic mass is 10.3. The monoisotopic (exact) mass is 308 g/mol. The number of hydrogen-bond acceptors (Lipinski definition) is 4. The van der Waals surface area contributed by atoms with E-state index in [-0.39, 0.29) is 5.25 Å². The summed E-state index contributed by atoms with van der Waals surface area (Å²) < 4.78 is 14.2. The van der Waals surface area contributed by atoms with Gasteiger partial charge in [0.05, 0.1) is 11.9 Å². The second-order valence-electron chi connectivity index (χ2n) is 4.54. The lowest BCUT2D eigenvalue weighted by Gasteiger charge is -2.13. The molecule has 0 bridgehead atoms. The smallest absolute Gasteiger partial charge is 0.342 e. The van der Waals surface area contributed by atoms with Gasteiger partial charge in [0.15, 0.2) is 5.16 Å². The van der Waals surface area contributed by atoms with Crippen LogP contribution in [0.5, 0.6) is 0 Å². The molecule has 110 valence electrons. The SMILES string of the molecule is CC(C)Sc1ncc(C(=O)O)c(=O)n1-c1ccc(F)cc1. The highest BCUT2D eigenvalue weighted by atomic mass is 32.2. The summed E-state index contributed by atoms with van der Waals surface area (Å²) in [5.74, 6) is -1.78. The van der Waals surface area contributed by atoms with Crippen molar-refractivity contribution >= 4 is 17.7 Å². The summed E-state index contributed by atoms with van der Waals surface area (Å²) in [7, 11) is 0. The molecule has 21 heavy (non-hydrogen) atoms. The highest BCUT2D eigenvalue weighted by molar-refractivity contribution is 7.99. The second kappa shape index (κ2) is 6.09. The molecule has 7 heteroatoms. The number of carbonyl (C=O) groups is 1. The molecule has 1 heterocycles. The van der Waals surface area contributed by atoms with Gasteiger partial charge in [-0.05, 0) is 24.3 Å². The zero-order valence-electron chi connectivity index (χ0n) is 11.4. The van der Waals surface area contributed by atoms with E-state index in [0.29, 0.717) is 10.8 Å². The molecule has 0 unspecified atom stereocenters. The third kappa shape index (κ3) is 3.30. The van der Waals surface area contributed by atoms with E-state index in [2.05, 4.69) is 4.98 Å². The molecule has 0 fully saturated rings. The van der Waals surface area contributed by atoms with E-state index < -0.39 is 22.9 Å². The first kappa shape index (κ1) is 15.2. The lowest BCUT2D eigenvalue weighted by Crippen LogP contribution is -2.27. The van der Waals surface area contributed by atoms with Gasteiger partial charge >= 0.3 is 5.97 Å². The minimum absolute atomic E-state index is 0.152. The number of benzene rings is 1. The average Bonchev–Trinajstić information content (AvgIpc) is 2.39. The van der Waals surface area contributed by atoms with Gasteiger partial charge in [0, 0.05) is 5.25 Å². The molecule has 0 aliphatic heterocycles. The van der Waals surface area contributed by atoms with Gasteiger partial charge in [-0.15, -0.1) is 0 Å². The predicted molar refractivity (Wildman–Crippen MR) is 77.7 cm³/mol. The summed E-state index contributed by atoms with van der Waals surface area (Å²) in [6.07, 6.45) is 1.05. The fraction of sp³-hybridized carbons (Fsp3) is 0.214. The summed E-state index contributed by atoms with van der Waals surface area (Å²) in [6, 6.07) is 5.24. The molecule has 0 radical (unpaired) electrons. The normalized spacial score (nSPS) is 10.9. The van der Waals surface area contributed by atoms with Crippen molar-refractivity contribution in [2.24, 2.45) is 0 Å². The van der Waals surface area contributed by atoms with E-state index in [4.69, 9.17) is 5.11 Å². The molecule has 1 aromatic heterocycles. The molecule has 1 N–H and O–H groups in total. The van der Waals surface area contributed by atoms with Gasteiger partial charge in [-0.2, -0.15) is 0 Å². The van der Waals surface area contributed by atoms with Crippen molar-refractivity contribution in [1.29, 1.82) is 0 Å². The van der Waals surface area contributed by atoms with Gasteiger partial charge in [0.25, 0.3) is 5.56 Å². The first-order chi connectivity index (χ1) is 9.90. The highest BCUT2D eigenvalue weighted by Crippen LogP contribution is 2.22. The molecule has 0 amide bonds. The fourth-order valence-corrected chi connectivity index (χ4v) is 2.53. The van der Waals surface area contributed by atoms with Gasteiger partial charge in [0.2, 0.25) is 0 Å². The van der Waals surface area contributed by atoms with Gasteiger partial charge in [-0.1, -0.05) is 25.6 Å². The summed E-state index contributed by atoms with van der Waals surface area (Å²) in [4.78, 5) is 27.5. The van der Waals surface area contributed by atoms with E-state index in [1.807, 2.05) is 13.8 Å². The molecular formula is C14H13FN2O3S. The molecule has 0 atom stereocenters. The average molecular weight is 308 g/mol. The fourth-order valence-electron chi connectivity index (χ4n) is 1.70. The lowest BCUT2D eigenvalue weighted by molar-refractivity contribution is 0.0693. The van der Waals surface area contributed by atoms with Crippen LogP contribution in [0.15, 0.2) is 40.4 Å². The quantitative estimate of drug-likeness (QED) is 0.694. The van der Waals surface area contributed by atoms with Crippen molar-refractivity contribution in [3.63, 3.8) is 0 Å². The Bertz CT molecular complexity index is 726. The standard InChI is InChI=1S/C14H13FN2O3S/c1-8(2)21-14-16-7-11(13(19)20)12(18)17(14)10-5-3-9(15)4-6-10/h3-8H,1-2H3,(H,19,20). The third-order valence-electron chi connectivity index (χ3n) is 2.59. The largest absolute Gasteiger partial charge is 0.477 e. The molecule has 2 rings (SSSR count). The first-order valence-electron chi connectivity index (χ1n) is 6.18. The maximum atomic E-state index is 13.0. The zero-order valence-corrected chi connectivity index (χ0v) is 12.2. The van der Waals surface area contributed by atoms with Crippen LogP contribution in [0.25, 0.3) is 5.69 Å². The first-order valence-corrected chi connectivity index (χ1v) is 7.06. The number of carboxylic acid groups (broad SMARTS) is 1. The van der Waals surface area contributed by atoms with Crippen LogP contribution in [-0.4, -0.2) is 25.9 Å². The van der Waals surface area contributed by atoms with Gasteiger partial charge in [0.1, 0.15) is 11.4 Å². The number of thioether (sulfide) groups is 1. The van der Waals surface area contributed by atoms with E-state index in [1.165, 1.54) is 40.6 Å². The van der Waals surface area contributed by atoms with Crippen molar-refractivity contribution in [2.75, 3.05) is 0 Å². The predicted octanol–water partition coefficient (Wildman–Crippen LogP) is 2.57. The van der Waals surface area contributed by atoms with Crippen molar-refractivity contribution in [3.05, 3.63) is 52.2 Å². The molecule has 5 nitrogen and oxygen atoms in total. The van der Waals surface area contributed by atoms with Crippen LogP contribution >= 0.6 is 11.8 Å². The Morgan fingerprint density at radius 2 is 1.95 bits per heavy atom. The topological polar surface area (TPSA) is 72.2 Å². The maximum absolute atomic E-state index is 13.0. The summed E-state index contributed by atoms with van der Waals surface area (Å²) in [5.41, 5.74) is -0.736. The van der Waals surface area contributed by atoms with Crippen LogP contribution in [0.1, 0.15) is 24.2 Å². The molecule has 0 aliphatic carbocycles. The summed E-state index contributed by atoms with van der Waals surface area (Å²) >= 11 is 1.32. The third-order valence-corrected chi connectivity index (χ3v) is 3.56. The van der Waals surface area contributed by atoms with Crippen LogP contribution in [-0.2, 0) is 0 Å². The molecule has 2 aromatic rings. The molecule has 0 spiro atoms. The summed E-state index contributed by atoms with van der Waals surface area (Å²) in [6.45, 7) is 3.86. The van der Waals surface area contributed by atoms with Crippen molar-refractivity contribution in [2.45, 2.75) is 24.3 Å². The minimum atomic E-state index is -1.34. The Hall–Kier alpha value is -2.15. The van der Waals surface area contributed by atoms with Crippen LogP contribution in [0, 0.1) is 5.82 Å². The van der Waals surface area contributed by atoms with Crippen LogP contribution in [0.3, 0.4) is 0 Å². The summed E-state index contributed by atoms with van der Waals surface area (Å²) in [5, 5.41) is 9.55. The number of aromatic nitrogens is 2. The molecule has 0 saturated carbocycles. The van der Waals surface area contributed by atoms with Gasteiger partial charge in [-0.3, -0.25) is 9.36 Å². The van der Waals surface area contributed by atoms with Crippen LogP contribution in [0.4, 0.5) is 4.39 Å². The Morgan fingerprint density at radius 1 is 1.33 bits per heavy atom. The zero-order chi connectivity index (χ0) is 15.6. The molecule has 0 aliphatic rings. The number of nitrogens with zero attached hydrogens (tertiary/aromatic N) is 2. The number of carboxylic acids is 1. The number of rotatable bonds is 4. The minimum Gasteiger partial charge on any atom is -0.477 e. The van der Waals surface area contributed by atoms with E-state index in [0.717, 1.165) is 6.20 Å². The molecule has 0 saturated heterocycles. The Labute approximate surface area is 124 Å². The number of halogens is 1. The van der Waals surface area contributed by atoms with Crippen molar-refractivity contribution in [1.82, 2.24) is 9.55 Å². The number of aromatic carboxylic acids is 1. The van der Waals surface area contributed by atoms with Crippen molar-refractivity contribution in [3.8, 4) is 5.69 Å².